The molecule has 0 bridgehead atoms. The van der Waals surface area contributed by atoms with E-state index in [1.54, 1.807) is 0 Å². The van der Waals surface area contributed by atoms with Gasteiger partial charge in [-0.15, -0.1) is 0 Å². The maximum absolute atomic E-state index is 13.0. The van der Waals surface area contributed by atoms with Crippen LogP contribution < -0.4 is 4.74 Å². The van der Waals surface area contributed by atoms with Crippen LogP contribution in [0.3, 0.4) is 0 Å². The van der Waals surface area contributed by atoms with E-state index in [2.05, 4.69) is 0 Å². The van der Waals surface area contributed by atoms with Crippen LogP contribution in [-0.4, -0.2) is 10.0 Å². The molecule has 0 radical (unpaired) electrons. The Morgan fingerprint density at radius 2 is 1.65 bits per heavy atom. The molecule has 0 aliphatic rings. The molecular formula is C13H9F2NO4. The molecule has 0 atom stereocenters. The first-order chi connectivity index (χ1) is 9.47. The van der Waals surface area contributed by atoms with Gasteiger partial charge in [-0.25, -0.2) is 8.78 Å². The number of nitrogens with zero attached hydrogens (tertiary/aromatic N) is 1. The molecule has 0 saturated heterocycles. The van der Waals surface area contributed by atoms with Gasteiger partial charge in [0, 0.05) is 24.3 Å². The van der Waals surface area contributed by atoms with Crippen LogP contribution >= 0.6 is 0 Å². The number of aliphatic hydroxyl groups excluding tert-OH is 1. The highest BCUT2D eigenvalue weighted by Crippen LogP contribution is 2.28. The van der Waals surface area contributed by atoms with E-state index in [0.29, 0.717) is 6.07 Å². The summed E-state index contributed by atoms with van der Waals surface area (Å²) in [5.41, 5.74) is -0.0329. The second-order valence-electron chi connectivity index (χ2n) is 3.96. The van der Waals surface area contributed by atoms with Crippen LogP contribution in [-0.2, 0) is 6.61 Å². The molecule has 0 saturated carbocycles. The fraction of sp³-hybridized carbons (Fsp3) is 0.0769. The Morgan fingerprint density at radius 3 is 2.20 bits per heavy atom. The third-order valence-electron chi connectivity index (χ3n) is 2.42. The van der Waals surface area contributed by atoms with Crippen molar-refractivity contribution in [3.63, 3.8) is 0 Å². The van der Waals surface area contributed by atoms with Gasteiger partial charge < -0.3 is 9.84 Å². The molecule has 2 aromatic rings. The predicted molar refractivity (Wildman–Crippen MR) is 65.5 cm³/mol. The Bertz CT molecular complexity index is 641. The van der Waals surface area contributed by atoms with Gasteiger partial charge in [0.2, 0.25) is 0 Å². The molecule has 7 heteroatoms. The Kier molecular flexibility index (Phi) is 3.90. The first kappa shape index (κ1) is 13.9. The van der Waals surface area contributed by atoms with E-state index in [-0.39, 0.29) is 22.7 Å². The molecule has 1 N–H and O–H groups in total. The van der Waals surface area contributed by atoms with Gasteiger partial charge in [0.25, 0.3) is 5.69 Å². The lowest BCUT2D eigenvalue weighted by molar-refractivity contribution is -0.385. The molecule has 0 spiro atoms. The zero-order chi connectivity index (χ0) is 14.7. The van der Waals surface area contributed by atoms with Gasteiger partial charge in [-0.3, -0.25) is 10.1 Å². The van der Waals surface area contributed by atoms with Gasteiger partial charge in [-0.2, -0.15) is 0 Å². The molecule has 0 heterocycles. The van der Waals surface area contributed by atoms with E-state index < -0.39 is 23.2 Å². The van der Waals surface area contributed by atoms with E-state index >= 15 is 0 Å². The number of benzene rings is 2. The molecule has 0 amide bonds. The normalized spacial score (nSPS) is 10.3. The SMILES string of the molecule is O=[N+]([O-])c1cc(CO)cc(Oc2cc(F)cc(F)c2)c1. The summed E-state index contributed by atoms with van der Waals surface area (Å²) >= 11 is 0. The molecular weight excluding hydrogens is 272 g/mol. The summed E-state index contributed by atoms with van der Waals surface area (Å²) < 4.78 is 31.2. The number of rotatable bonds is 4. The maximum atomic E-state index is 13.0. The summed E-state index contributed by atoms with van der Waals surface area (Å²) in [6.45, 7) is -0.421. The number of nitro benzene ring substituents is 1. The van der Waals surface area contributed by atoms with Crippen molar-refractivity contribution in [3.8, 4) is 11.5 Å². The first-order valence-electron chi connectivity index (χ1n) is 5.51. The quantitative estimate of drug-likeness (QED) is 0.690. The number of aliphatic hydroxyl groups is 1. The van der Waals surface area contributed by atoms with Crippen molar-refractivity contribution in [3.05, 3.63) is 63.7 Å². The molecule has 0 aliphatic heterocycles. The highest BCUT2D eigenvalue weighted by atomic mass is 19.1. The Hall–Kier alpha value is -2.54. The first-order valence-corrected chi connectivity index (χ1v) is 5.51. The van der Waals surface area contributed by atoms with E-state index in [1.165, 1.54) is 12.1 Å². The highest BCUT2D eigenvalue weighted by Gasteiger charge is 2.11. The number of nitro groups is 1. The number of ether oxygens (including phenoxy) is 1. The van der Waals surface area contributed by atoms with Crippen molar-refractivity contribution in [1.29, 1.82) is 0 Å². The fourth-order valence-corrected chi connectivity index (χ4v) is 1.62. The van der Waals surface area contributed by atoms with Crippen molar-refractivity contribution in [1.82, 2.24) is 0 Å². The number of hydrogen-bond donors (Lipinski definition) is 1. The predicted octanol–water partition coefficient (Wildman–Crippen LogP) is 3.16. The van der Waals surface area contributed by atoms with E-state index in [1.807, 2.05) is 0 Å². The van der Waals surface area contributed by atoms with Gasteiger partial charge in [0.05, 0.1) is 17.6 Å². The van der Waals surface area contributed by atoms with Crippen LogP contribution in [0.15, 0.2) is 36.4 Å². The van der Waals surface area contributed by atoms with E-state index in [0.717, 1.165) is 18.2 Å². The van der Waals surface area contributed by atoms with Crippen molar-refractivity contribution in [2.45, 2.75) is 6.61 Å². The third kappa shape index (κ3) is 3.27. The average Bonchev–Trinajstić information content (AvgIpc) is 2.36. The number of halogens is 2. The standard InChI is InChI=1S/C13H9F2NO4/c14-9-3-10(15)5-13(4-9)20-12-2-8(7-17)1-11(6-12)16(18)19/h1-6,17H,7H2. The summed E-state index contributed by atoms with van der Waals surface area (Å²) in [4.78, 5) is 10.1. The van der Waals surface area contributed by atoms with Gasteiger partial charge in [-0.1, -0.05) is 0 Å². The molecule has 0 fully saturated rings. The Labute approximate surface area is 112 Å². The minimum absolute atomic E-state index is 0.00764. The lowest BCUT2D eigenvalue weighted by Crippen LogP contribution is -1.94. The maximum Gasteiger partial charge on any atom is 0.273 e. The molecule has 104 valence electrons. The summed E-state index contributed by atoms with van der Waals surface area (Å²) in [6, 6.07) is 6.19. The number of hydrogen-bond acceptors (Lipinski definition) is 4. The molecule has 0 aromatic heterocycles. The van der Waals surface area contributed by atoms with Crippen molar-refractivity contribution >= 4 is 5.69 Å². The average molecular weight is 281 g/mol. The van der Waals surface area contributed by atoms with Gasteiger partial charge in [0.1, 0.15) is 23.1 Å². The fourth-order valence-electron chi connectivity index (χ4n) is 1.62. The minimum Gasteiger partial charge on any atom is -0.457 e. The smallest absolute Gasteiger partial charge is 0.273 e. The molecule has 2 aromatic carbocycles. The zero-order valence-corrected chi connectivity index (χ0v) is 10.0. The van der Waals surface area contributed by atoms with Crippen LogP contribution in [0, 0.1) is 21.7 Å². The topological polar surface area (TPSA) is 72.6 Å². The molecule has 5 nitrogen and oxygen atoms in total. The van der Waals surface area contributed by atoms with Crippen molar-refractivity contribution in [2.24, 2.45) is 0 Å². The minimum atomic E-state index is -0.826. The lowest BCUT2D eigenvalue weighted by atomic mass is 10.2. The van der Waals surface area contributed by atoms with Crippen molar-refractivity contribution < 1.29 is 23.5 Å². The Morgan fingerprint density at radius 1 is 1.05 bits per heavy atom. The van der Waals surface area contributed by atoms with Crippen LogP contribution in [0.25, 0.3) is 0 Å². The monoisotopic (exact) mass is 281 g/mol. The summed E-state index contributed by atoms with van der Waals surface area (Å²) in [7, 11) is 0. The third-order valence-corrected chi connectivity index (χ3v) is 2.42. The van der Waals surface area contributed by atoms with Crippen LogP contribution in [0.4, 0.5) is 14.5 Å². The second-order valence-corrected chi connectivity index (χ2v) is 3.96. The molecule has 2 rings (SSSR count). The van der Waals surface area contributed by atoms with Crippen LogP contribution in [0.2, 0.25) is 0 Å². The van der Waals surface area contributed by atoms with E-state index in [4.69, 9.17) is 9.84 Å². The summed E-state index contributed by atoms with van der Waals surface area (Å²) in [5, 5.41) is 19.8. The second kappa shape index (κ2) is 5.62. The van der Waals surface area contributed by atoms with Gasteiger partial charge >= 0.3 is 0 Å². The van der Waals surface area contributed by atoms with E-state index in [9.17, 15) is 18.9 Å². The molecule has 0 unspecified atom stereocenters. The van der Waals surface area contributed by atoms with Gasteiger partial charge in [-0.05, 0) is 11.6 Å². The Balaban J connectivity index is 2.37. The molecule has 0 aliphatic carbocycles. The zero-order valence-electron chi connectivity index (χ0n) is 10.0. The summed E-state index contributed by atoms with van der Waals surface area (Å²) in [6.07, 6.45) is 0. The van der Waals surface area contributed by atoms with Crippen LogP contribution in [0.5, 0.6) is 11.5 Å². The number of non-ortho nitro benzene ring substituents is 1. The van der Waals surface area contributed by atoms with Crippen molar-refractivity contribution in [2.75, 3.05) is 0 Å². The lowest BCUT2D eigenvalue weighted by Gasteiger charge is -2.07. The van der Waals surface area contributed by atoms with Gasteiger partial charge in [0.15, 0.2) is 0 Å². The molecule has 20 heavy (non-hydrogen) atoms. The highest BCUT2D eigenvalue weighted by molar-refractivity contribution is 5.44. The van der Waals surface area contributed by atoms with Crippen LogP contribution in [0.1, 0.15) is 5.56 Å². The largest absolute Gasteiger partial charge is 0.457 e. The summed E-state index contributed by atoms with van der Waals surface area (Å²) in [5.74, 6) is -1.78.